The summed E-state index contributed by atoms with van der Waals surface area (Å²) in [6.45, 7) is 3.63. The molecule has 0 fully saturated rings. The largest absolute Gasteiger partial charge is 0.346 e. The normalized spacial score (nSPS) is 13.4. The van der Waals surface area contributed by atoms with Crippen molar-refractivity contribution in [1.82, 2.24) is 19.2 Å². The highest BCUT2D eigenvalue weighted by atomic mass is 16.2. The summed E-state index contributed by atoms with van der Waals surface area (Å²) in [7, 11) is 0. The van der Waals surface area contributed by atoms with Crippen LogP contribution in [0.2, 0.25) is 0 Å². The molecule has 0 atom stereocenters. The van der Waals surface area contributed by atoms with Crippen molar-refractivity contribution in [3.63, 3.8) is 0 Å². The van der Waals surface area contributed by atoms with E-state index in [1.54, 1.807) is 4.57 Å². The van der Waals surface area contributed by atoms with Crippen LogP contribution in [0, 0.1) is 6.92 Å². The maximum atomic E-state index is 12.7. The summed E-state index contributed by atoms with van der Waals surface area (Å²) in [5.74, 6) is 0.571. The monoisotopic (exact) mass is 376 g/mol. The van der Waals surface area contributed by atoms with Gasteiger partial charge in [0.15, 0.2) is 0 Å². The minimum absolute atomic E-state index is 0.0137. The lowest BCUT2D eigenvalue weighted by Gasteiger charge is -2.28. The number of amides is 1. The van der Waals surface area contributed by atoms with Crippen molar-refractivity contribution in [2.75, 3.05) is 6.54 Å². The molecule has 0 spiro atoms. The summed E-state index contributed by atoms with van der Waals surface area (Å²) in [4.78, 5) is 27.3. The number of nitrogens with zero attached hydrogens (tertiary/aromatic N) is 4. The number of carbonyl (C=O) groups is 1. The second-order valence-electron chi connectivity index (χ2n) is 7.21. The molecule has 0 saturated heterocycles. The van der Waals surface area contributed by atoms with Gasteiger partial charge in [-0.25, -0.2) is 9.48 Å². The predicted molar refractivity (Wildman–Crippen MR) is 107 cm³/mol. The molecule has 0 radical (unpaired) electrons. The van der Waals surface area contributed by atoms with Crippen molar-refractivity contribution in [2.45, 2.75) is 39.4 Å². The van der Waals surface area contributed by atoms with Gasteiger partial charge in [0.25, 0.3) is 0 Å². The third kappa shape index (κ3) is 3.76. The first-order valence-corrected chi connectivity index (χ1v) is 9.64. The Morgan fingerprint density at radius 3 is 2.54 bits per heavy atom. The Kier molecular flexibility index (Phi) is 5.10. The first-order valence-electron chi connectivity index (χ1n) is 9.64. The summed E-state index contributed by atoms with van der Waals surface area (Å²) >= 11 is 0. The summed E-state index contributed by atoms with van der Waals surface area (Å²) in [6.07, 6.45) is 1.60. The van der Waals surface area contributed by atoms with Gasteiger partial charge in [-0.2, -0.15) is 5.10 Å². The predicted octanol–water partition coefficient (Wildman–Crippen LogP) is 2.18. The van der Waals surface area contributed by atoms with Gasteiger partial charge in [0.1, 0.15) is 12.4 Å². The van der Waals surface area contributed by atoms with Gasteiger partial charge in [0, 0.05) is 19.6 Å². The smallest absolute Gasteiger partial charge is 0.336 e. The molecule has 1 aromatic heterocycles. The fraction of sp³-hybridized carbons (Fsp3) is 0.318. The average molecular weight is 376 g/mol. The molecular formula is C22H24N4O2. The number of carbonyl (C=O) groups excluding carboxylic acids is 1. The lowest BCUT2D eigenvalue weighted by atomic mass is 10.00. The molecule has 0 aliphatic carbocycles. The Labute approximate surface area is 164 Å². The van der Waals surface area contributed by atoms with E-state index >= 15 is 0 Å². The fourth-order valence-electron chi connectivity index (χ4n) is 3.73. The highest BCUT2D eigenvalue weighted by Gasteiger charge is 2.22. The molecular weight excluding hydrogens is 352 g/mol. The third-order valence-electron chi connectivity index (χ3n) is 5.34. The zero-order chi connectivity index (χ0) is 19.5. The van der Waals surface area contributed by atoms with Gasteiger partial charge in [-0.15, -0.1) is 0 Å². The van der Waals surface area contributed by atoms with Crippen molar-refractivity contribution in [1.29, 1.82) is 0 Å². The van der Waals surface area contributed by atoms with Crippen molar-refractivity contribution in [3.05, 3.63) is 87.6 Å². The van der Waals surface area contributed by atoms with E-state index in [0.29, 0.717) is 25.5 Å². The van der Waals surface area contributed by atoms with Crippen molar-refractivity contribution < 1.29 is 4.79 Å². The Bertz CT molecular complexity index is 1040. The zero-order valence-corrected chi connectivity index (χ0v) is 16.0. The molecule has 28 heavy (non-hydrogen) atoms. The minimum Gasteiger partial charge on any atom is -0.336 e. The molecule has 4 rings (SSSR count). The molecule has 0 unspecified atom stereocenters. The second kappa shape index (κ2) is 7.84. The van der Waals surface area contributed by atoms with Crippen LogP contribution in [0.15, 0.2) is 59.4 Å². The van der Waals surface area contributed by atoms with Gasteiger partial charge in [-0.1, -0.05) is 54.6 Å². The number of rotatable bonds is 5. The maximum Gasteiger partial charge on any atom is 0.346 e. The summed E-state index contributed by atoms with van der Waals surface area (Å²) in [5, 5.41) is 4.32. The highest BCUT2D eigenvalue weighted by Crippen LogP contribution is 2.18. The molecule has 0 N–H and O–H groups in total. The maximum absolute atomic E-state index is 12.7. The van der Waals surface area contributed by atoms with Crippen molar-refractivity contribution >= 4 is 5.91 Å². The van der Waals surface area contributed by atoms with E-state index < -0.39 is 0 Å². The quantitative estimate of drug-likeness (QED) is 0.686. The van der Waals surface area contributed by atoms with Gasteiger partial charge in [-0.05, 0) is 36.5 Å². The molecule has 6 heteroatoms. The molecule has 2 heterocycles. The standard InChI is InChI=1S/C22H24N4O2/c1-17-23-26(22(28)25(17)14-11-18-7-3-2-4-8-18)16-21(27)24-13-12-19-9-5-6-10-20(19)15-24/h2-10H,11-16H2,1H3. The highest BCUT2D eigenvalue weighted by molar-refractivity contribution is 5.76. The van der Waals surface area contributed by atoms with E-state index in [4.69, 9.17) is 0 Å². The van der Waals surface area contributed by atoms with Crippen LogP contribution in [-0.2, 0) is 37.3 Å². The molecule has 1 aliphatic rings. The first kappa shape index (κ1) is 18.2. The van der Waals surface area contributed by atoms with Crippen LogP contribution in [0.3, 0.4) is 0 Å². The van der Waals surface area contributed by atoms with Gasteiger partial charge >= 0.3 is 5.69 Å². The van der Waals surface area contributed by atoms with E-state index in [1.807, 2.05) is 54.3 Å². The Morgan fingerprint density at radius 2 is 1.75 bits per heavy atom. The summed E-state index contributed by atoms with van der Waals surface area (Å²) in [5.41, 5.74) is 3.42. The van der Waals surface area contributed by atoms with Crippen molar-refractivity contribution in [3.8, 4) is 0 Å². The van der Waals surface area contributed by atoms with Crippen LogP contribution < -0.4 is 5.69 Å². The number of hydrogen-bond donors (Lipinski definition) is 0. The molecule has 0 saturated carbocycles. The average Bonchev–Trinajstić information content (AvgIpc) is 2.99. The number of benzene rings is 2. The van der Waals surface area contributed by atoms with E-state index in [-0.39, 0.29) is 18.1 Å². The van der Waals surface area contributed by atoms with Crippen LogP contribution in [0.25, 0.3) is 0 Å². The molecule has 1 amide bonds. The second-order valence-corrected chi connectivity index (χ2v) is 7.21. The van der Waals surface area contributed by atoms with Crippen LogP contribution in [0.5, 0.6) is 0 Å². The van der Waals surface area contributed by atoms with Crippen LogP contribution in [-0.4, -0.2) is 31.7 Å². The van der Waals surface area contributed by atoms with Gasteiger partial charge in [0.05, 0.1) is 0 Å². The van der Waals surface area contributed by atoms with Gasteiger partial charge < -0.3 is 4.90 Å². The third-order valence-corrected chi connectivity index (χ3v) is 5.34. The van der Waals surface area contributed by atoms with Gasteiger partial charge in [0.2, 0.25) is 5.91 Å². The molecule has 3 aromatic rings. The SMILES string of the molecule is Cc1nn(CC(=O)N2CCc3ccccc3C2)c(=O)n1CCc1ccccc1. The summed E-state index contributed by atoms with van der Waals surface area (Å²) < 4.78 is 2.94. The van der Waals surface area contributed by atoms with E-state index in [2.05, 4.69) is 17.2 Å². The molecule has 144 valence electrons. The van der Waals surface area contributed by atoms with Crippen LogP contribution >= 0.6 is 0 Å². The number of fused-ring (bicyclic) bond motifs is 1. The Hall–Kier alpha value is -3.15. The first-order chi connectivity index (χ1) is 13.6. The molecule has 0 bridgehead atoms. The summed E-state index contributed by atoms with van der Waals surface area (Å²) in [6, 6.07) is 18.2. The molecule has 1 aliphatic heterocycles. The Balaban J connectivity index is 1.44. The van der Waals surface area contributed by atoms with E-state index in [0.717, 1.165) is 12.8 Å². The topological polar surface area (TPSA) is 60.1 Å². The minimum atomic E-state index is -0.223. The molecule has 2 aromatic carbocycles. The van der Waals surface area contributed by atoms with Crippen LogP contribution in [0.4, 0.5) is 0 Å². The Morgan fingerprint density at radius 1 is 1.04 bits per heavy atom. The van der Waals surface area contributed by atoms with E-state index in [9.17, 15) is 9.59 Å². The number of hydrogen-bond acceptors (Lipinski definition) is 3. The number of aryl methyl sites for hydroxylation is 2. The van der Waals surface area contributed by atoms with Gasteiger partial charge in [-0.3, -0.25) is 9.36 Å². The molecule has 6 nitrogen and oxygen atoms in total. The van der Waals surface area contributed by atoms with E-state index in [1.165, 1.54) is 21.4 Å². The fourth-order valence-corrected chi connectivity index (χ4v) is 3.73. The zero-order valence-electron chi connectivity index (χ0n) is 16.0. The van der Waals surface area contributed by atoms with Crippen LogP contribution in [0.1, 0.15) is 22.5 Å². The lowest BCUT2D eigenvalue weighted by Crippen LogP contribution is -2.40. The lowest BCUT2D eigenvalue weighted by molar-refractivity contribution is -0.133. The number of aromatic nitrogens is 3. The van der Waals surface area contributed by atoms with Crippen molar-refractivity contribution in [2.24, 2.45) is 0 Å².